The zero-order chi connectivity index (χ0) is 17.1. The highest BCUT2D eigenvalue weighted by molar-refractivity contribution is 5.78. The summed E-state index contributed by atoms with van der Waals surface area (Å²) in [6.07, 6.45) is 0. The Hall–Kier alpha value is -1.84. The number of carbonyl (C=O) groups excluding carboxylic acids is 2. The highest BCUT2D eigenvalue weighted by Gasteiger charge is 2.07. The first-order valence-corrected chi connectivity index (χ1v) is 8.03. The van der Waals surface area contributed by atoms with Gasteiger partial charge in [0.1, 0.15) is 0 Å². The van der Waals surface area contributed by atoms with Crippen LogP contribution in [0.5, 0.6) is 0 Å². The second kappa shape index (κ2) is 10.8. The minimum atomic E-state index is -0.0106. The molecule has 4 nitrogen and oxygen atoms in total. The average Bonchev–Trinajstić information content (AvgIpc) is 2.52. The van der Waals surface area contributed by atoms with E-state index in [9.17, 15) is 9.59 Å². The molecule has 0 unspecified atom stereocenters. The van der Waals surface area contributed by atoms with E-state index in [1.807, 2.05) is 65.8 Å². The quantitative estimate of drug-likeness (QED) is 0.847. The van der Waals surface area contributed by atoms with Crippen molar-refractivity contribution < 1.29 is 9.59 Å². The van der Waals surface area contributed by atoms with Crippen molar-refractivity contribution in [2.75, 3.05) is 0 Å². The fraction of sp³-hybridized carbons (Fsp3) is 0.556. The zero-order valence-electron chi connectivity index (χ0n) is 14.7. The Morgan fingerprint density at radius 3 is 1.55 bits per heavy atom. The van der Waals surface area contributed by atoms with Crippen LogP contribution in [0, 0.1) is 11.8 Å². The summed E-state index contributed by atoms with van der Waals surface area (Å²) in [6, 6.07) is 7.87. The number of benzene rings is 1. The molecule has 22 heavy (non-hydrogen) atoms. The highest BCUT2D eigenvalue weighted by Crippen LogP contribution is 2.06. The van der Waals surface area contributed by atoms with E-state index < -0.39 is 0 Å². The average molecular weight is 306 g/mol. The molecule has 124 valence electrons. The van der Waals surface area contributed by atoms with E-state index in [0.29, 0.717) is 13.1 Å². The molecule has 0 saturated carbocycles. The Labute approximate surface area is 134 Å². The molecule has 4 heteroatoms. The summed E-state index contributed by atoms with van der Waals surface area (Å²) in [7, 11) is 0. The van der Waals surface area contributed by atoms with Crippen molar-refractivity contribution in [2.45, 2.75) is 54.6 Å². The first kappa shape index (κ1) is 20.2. The maximum atomic E-state index is 11.5. The van der Waals surface area contributed by atoms with Crippen molar-refractivity contribution in [3.63, 3.8) is 0 Å². The summed E-state index contributed by atoms with van der Waals surface area (Å²) in [6.45, 7) is 12.5. The van der Waals surface area contributed by atoms with Crippen molar-refractivity contribution in [1.29, 1.82) is 0 Å². The number of amides is 2. The Morgan fingerprint density at radius 1 is 0.864 bits per heavy atom. The lowest BCUT2D eigenvalue weighted by Gasteiger charge is -2.10. The summed E-state index contributed by atoms with van der Waals surface area (Å²) in [5, 5.41) is 5.76. The Kier molecular flexibility index (Phi) is 9.92. The summed E-state index contributed by atoms with van der Waals surface area (Å²) in [5.74, 6) is 0.0686. The van der Waals surface area contributed by atoms with Crippen LogP contribution in [-0.2, 0) is 22.7 Å². The van der Waals surface area contributed by atoms with Crippen LogP contribution in [0.15, 0.2) is 24.3 Å². The maximum absolute atomic E-state index is 11.5. The molecule has 0 aliphatic rings. The van der Waals surface area contributed by atoms with Gasteiger partial charge in [-0.2, -0.15) is 0 Å². The van der Waals surface area contributed by atoms with Crippen molar-refractivity contribution >= 4 is 11.8 Å². The fourth-order valence-electron chi connectivity index (χ4n) is 1.64. The van der Waals surface area contributed by atoms with E-state index in [1.54, 1.807) is 0 Å². The summed E-state index contributed by atoms with van der Waals surface area (Å²) < 4.78 is 0. The second-order valence-corrected chi connectivity index (χ2v) is 5.56. The van der Waals surface area contributed by atoms with E-state index in [1.165, 1.54) is 0 Å². The van der Waals surface area contributed by atoms with Crippen LogP contribution in [0.4, 0.5) is 0 Å². The molecule has 0 bridgehead atoms. The van der Waals surface area contributed by atoms with Gasteiger partial charge in [0.05, 0.1) is 0 Å². The molecule has 2 N–H and O–H groups in total. The van der Waals surface area contributed by atoms with Crippen molar-refractivity contribution in [3.05, 3.63) is 35.4 Å². The van der Waals surface area contributed by atoms with E-state index in [4.69, 9.17) is 0 Å². The molecule has 1 aromatic carbocycles. The first-order valence-electron chi connectivity index (χ1n) is 8.03. The number of hydrogen-bond donors (Lipinski definition) is 2. The van der Waals surface area contributed by atoms with Crippen LogP contribution in [0.2, 0.25) is 0 Å². The molecule has 0 saturated heterocycles. The molecule has 0 radical (unpaired) electrons. The van der Waals surface area contributed by atoms with Crippen molar-refractivity contribution in [2.24, 2.45) is 11.8 Å². The molecule has 0 spiro atoms. The predicted molar refractivity (Wildman–Crippen MR) is 91.2 cm³/mol. The number of nitrogens with one attached hydrogen (secondary N) is 2. The van der Waals surface area contributed by atoms with Gasteiger partial charge in [-0.05, 0) is 11.1 Å². The van der Waals surface area contributed by atoms with Crippen LogP contribution >= 0.6 is 0 Å². The van der Waals surface area contributed by atoms with Gasteiger partial charge in [-0.3, -0.25) is 9.59 Å². The monoisotopic (exact) mass is 306 g/mol. The molecular formula is C18H30N2O2. The maximum Gasteiger partial charge on any atom is 0.222 e. The molecule has 2 amide bonds. The normalized spacial score (nSPS) is 10.0. The van der Waals surface area contributed by atoms with E-state index >= 15 is 0 Å². The summed E-state index contributed by atoms with van der Waals surface area (Å²) >= 11 is 0. The van der Waals surface area contributed by atoms with Crippen LogP contribution in [0.25, 0.3) is 0 Å². The minimum Gasteiger partial charge on any atom is -0.352 e. The molecule has 1 rings (SSSR count). The lowest BCUT2D eigenvalue weighted by Crippen LogP contribution is -2.28. The van der Waals surface area contributed by atoms with Gasteiger partial charge < -0.3 is 10.6 Å². The van der Waals surface area contributed by atoms with Crippen LogP contribution in [0.1, 0.15) is 52.7 Å². The predicted octanol–water partition coefficient (Wildman–Crippen LogP) is 3.26. The van der Waals surface area contributed by atoms with Gasteiger partial charge in [0.2, 0.25) is 11.8 Å². The van der Waals surface area contributed by atoms with Crippen LogP contribution in [0.3, 0.4) is 0 Å². The zero-order valence-corrected chi connectivity index (χ0v) is 14.7. The van der Waals surface area contributed by atoms with Gasteiger partial charge >= 0.3 is 0 Å². The second-order valence-electron chi connectivity index (χ2n) is 5.56. The van der Waals surface area contributed by atoms with Gasteiger partial charge in [0.25, 0.3) is 0 Å². The SMILES string of the molecule is CC.CC(C)C(=O)NCc1cccc(CNC(=O)C(C)C)c1. The third-order valence-electron chi connectivity index (χ3n) is 2.97. The molecule has 0 fully saturated rings. The topological polar surface area (TPSA) is 58.2 Å². The van der Waals surface area contributed by atoms with Gasteiger partial charge in [-0.1, -0.05) is 65.8 Å². The highest BCUT2D eigenvalue weighted by atomic mass is 16.2. The largest absolute Gasteiger partial charge is 0.352 e. The first-order chi connectivity index (χ1) is 10.4. The van der Waals surface area contributed by atoms with Crippen LogP contribution < -0.4 is 10.6 Å². The third-order valence-corrected chi connectivity index (χ3v) is 2.97. The molecule has 0 heterocycles. The lowest BCUT2D eigenvalue weighted by molar-refractivity contribution is -0.124. The van der Waals surface area contributed by atoms with E-state index in [0.717, 1.165) is 11.1 Å². The van der Waals surface area contributed by atoms with Gasteiger partial charge in [0, 0.05) is 24.9 Å². The number of rotatable bonds is 6. The number of carbonyl (C=O) groups is 2. The molecular weight excluding hydrogens is 276 g/mol. The Balaban J connectivity index is 0.00000211. The molecule has 0 aliphatic heterocycles. The van der Waals surface area contributed by atoms with Gasteiger partial charge in [0.15, 0.2) is 0 Å². The third kappa shape index (κ3) is 7.81. The standard InChI is InChI=1S/C16H24N2O2.C2H6/c1-11(2)15(19)17-9-13-6-5-7-14(8-13)10-18-16(20)12(3)4;1-2/h5-8,11-12H,9-10H2,1-4H3,(H,17,19)(H,18,20);1-2H3. The minimum absolute atomic E-state index is 0.0106. The van der Waals surface area contributed by atoms with Gasteiger partial charge in [-0.25, -0.2) is 0 Å². The number of hydrogen-bond acceptors (Lipinski definition) is 2. The summed E-state index contributed by atoms with van der Waals surface area (Å²) in [5.41, 5.74) is 2.07. The molecule has 0 atom stereocenters. The molecule has 1 aromatic rings. The fourth-order valence-corrected chi connectivity index (χ4v) is 1.64. The lowest BCUT2D eigenvalue weighted by atomic mass is 10.1. The Morgan fingerprint density at radius 2 is 1.23 bits per heavy atom. The van der Waals surface area contributed by atoms with Crippen molar-refractivity contribution in [1.82, 2.24) is 10.6 Å². The van der Waals surface area contributed by atoms with E-state index in [-0.39, 0.29) is 23.7 Å². The molecule has 0 aliphatic carbocycles. The Bertz CT molecular complexity index is 429. The van der Waals surface area contributed by atoms with Crippen molar-refractivity contribution in [3.8, 4) is 0 Å². The van der Waals surface area contributed by atoms with Crippen LogP contribution in [-0.4, -0.2) is 11.8 Å². The smallest absolute Gasteiger partial charge is 0.222 e. The van der Waals surface area contributed by atoms with E-state index in [2.05, 4.69) is 10.6 Å². The summed E-state index contributed by atoms with van der Waals surface area (Å²) in [4.78, 5) is 23.0. The molecule has 0 aromatic heterocycles. The van der Waals surface area contributed by atoms with Gasteiger partial charge in [-0.15, -0.1) is 0 Å².